The molecule has 66 heavy (non-hydrogen) atoms. The average molecular weight is 849 g/mol. The third-order valence-corrected chi connectivity index (χ3v) is 13.2. The van der Waals surface area contributed by atoms with Crippen LogP contribution < -0.4 is 9.80 Å². The number of rotatable bonds is 12. The van der Waals surface area contributed by atoms with Gasteiger partial charge in [-0.2, -0.15) is 0 Å². The maximum atomic E-state index is 4.70. The standard InChI is InChI=1S/C64H52N2/c1-46(29-43-59-47(2)64(3,4)63-28-18-17-27-61(59)63)65(54-25-15-8-16-26-54)58-42-44-60(62(45-58)52-23-13-7-14-24-52)53-34-40-57(41-35-53)66(55-36-30-50(31-37-55)48-19-9-5-10-20-48)56-38-32-51(33-39-56)49-21-11-6-12-22-49/h5-45H,1H2,2-4H3/b43-29-. The first-order valence-electron chi connectivity index (χ1n) is 22.8. The van der Waals surface area contributed by atoms with Crippen LogP contribution in [-0.4, -0.2) is 0 Å². The molecular formula is C64H52N2. The summed E-state index contributed by atoms with van der Waals surface area (Å²) in [6.45, 7) is 11.6. The highest BCUT2D eigenvalue weighted by molar-refractivity contribution is 5.90. The second-order valence-corrected chi connectivity index (χ2v) is 17.5. The molecule has 9 aromatic carbocycles. The minimum absolute atomic E-state index is 0.0318. The summed E-state index contributed by atoms with van der Waals surface area (Å²) >= 11 is 0. The van der Waals surface area contributed by atoms with Crippen molar-refractivity contribution in [2.75, 3.05) is 9.80 Å². The molecule has 318 valence electrons. The van der Waals surface area contributed by atoms with E-state index in [0.29, 0.717) is 0 Å². The highest BCUT2D eigenvalue weighted by Gasteiger charge is 2.34. The van der Waals surface area contributed by atoms with Crippen LogP contribution in [-0.2, 0) is 5.41 Å². The summed E-state index contributed by atoms with van der Waals surface area (Å²) in [5.41, 5.74) is 20.9. The van der Waals surface area contributed by atoms with Crippen LogP contribution in [0.2, 0.25) is 0 Å². The summed E-state index contributed by atoms with van der Waals surface area (Å²) in [4.78, 5) is 4.61. The third kappa shape index (κ3) is 8.22. The molecule has 0 heterocycles. The minimum Gasteiger partial charge on any atom is -0.311 e. The Hall–Kier alpha value is -8.20. The molecule has 0 atom stereocenters. The van der Waals surface area contributed by atoms with E-state index in [2.05, 4.69) is 279 Å². The predicted octanol–water partition coefficient (Wildman–Crippen LogP) is 17.8. The number of hydrogen-bond donors (Lipinski definition) is 0. The van der Waals surface area contributed by atoms with Gasteiger partial charge in [0.15, 0.2) is 0 Å². The fraction of sp³-hybridized carbons (Fsp3) is 0.0625. The summed E-state index contributed by atoms with van der Waals surface area (Å²) in [5, 5.41) is 0. The van der Waals surface area contributed by atoms with Crippen molar-refractivity contribution in [2.24, 2.45) is 0 Å². The van der Waals surface area contributed by atoms with E-state index < -0.39 is 0 Å². The molecule has 0 bridgehead atoms. The second-order valence-electron chi connectivity index (χ2n) is 17.5. The zero-order valence-corrected chi connectivity index (χ0v) is 37.8. The van der Waals surface area contributed by atoms with E-state index >= 15 is 0 Å². The number of hydrogen-bond acceptors (Lipinski definition) is 2. The van der Waals surface area contributed by atoms with Gasteiger partial charge in [-0.05, 0) is 135 Å². The molecule has 2 heteroatoms. The van der Waals surface area contributed by atoms with Gasteiger partial charge in [0.1, 0.15) is 0 Å². The minimum atomic E-state index is -0.0318. The smallest absolute Gasteiger partial charge is 0.0467 e. The molecule has 1 aliphatic rings. The number of nitrogens with zero attached hydrogens (tertiary/aromatic N) is 2. The fourth-order valence-electron chi connectivity index (χ4n) is 9.41. The van der Waals surface area contributed by atoms with Crippen molar-refractivity contribution in [3.63, 3.8) is 0 Å². The molecule has 10 rings (SSSR count). The molecule has 0 amide bonds. The van der Waals surface area contributed by atoms with Crippen LogP contribution in [0.15, 0.2) is 267 Å². The molecule has 0 aliphatic heterocycles. The molecule has 0 spiro atoms. The van der Waals surface area contributed by atoms with Gasteiger partial charge >= 0.3 is 0 Å². The van der Waals surface area contributed by atoms with E-state index in [-0.39, 0.29) is 5.41 Å². The van der Waals surface area contributed by atoms with Crippen LogP contribution in [0.1, 0.15) is 31.9 Å². The Balaban J connectivity index is 1.02. The Morgan fingerprint density at radius 1 is 0.394 bits per heavy atom. The van der Waals surface area contributed by atoms with Crippen molar-refractivity contribution in [2.45, 2.75) is 26.2 Å². The summed E-state index contributed by atoms with van der Waals surface area (Å²) in [5.74, 6) is 0. The Morgan fingerprint density at radius 2 is 0.803 bits per heavy atom. The lowest BCUT2D eigenvalue weighted by atomic mass is 9.82. The first-order valence-corrected chi connectivity index (χ1v) is 22.8. The highest BCUT2D eigenvalue weighted by atomic mass is 15.1. The number of para-hydroxylation sites is 1. The summed E-state index contributed by atoms with van der Waals surface area (Å²) < 4.78 is 0. The normalized spacial score (nSPS) is 12.8. The van der Waals surface area contributed by atoms with Crippen molar-refractivity contribution in [3.8, 4) is 44.5 Å². The topological polar surface area (TPSA) is 6.48 Å². The van der Waals surface area contributed by atoms with Crippen molar-refractivity contribution >= 4 is 34.0 Å². The Kier molecular flexibility index (Phi) is 11.5. The van der Waals surface area contributed by atoms with Gasteiger partial charge in [0.2, 0.25) is 0 Å². The molecule has 0 aromatic heterocycles. The number of fused-ring (bicyclic) bond motifs is 1. The molecule has 9 aromatic rings. The highest BCUT2D eigenvalue weighted by Crippen LogP contribution is 2.47. The molecule has 1 aliphatic carbocycles. The van der Waals surface area contributed by atoms with Crippen molar-refractivity contribution in [3.05, 3.63) is 278 Å². The summed E-state index contributed by atoms with van der Waals surface area (Å²) in [6.07, 6.45) is 4.43. The molecule has 0 unspecified atom stereocenters. The van der Waals surface area contributed by atoms with Crippen LogP contribution in [0.3, 0.4) is 0 Å². The van der Waals surface area contributed by atoms with Crippen LogP contribution in [0.5, 0.6) is 0 Å². The molecule has 0 saturated heterocycles. The average Bonchev–Trinajstić information content (AvgIpc) is 3.57. The summed E-state index contributed by atoms with van der Waals surface area (Å²) in [7, 11) is 0. The predicted molar refractivity (Wildman–Crippen MR) is 282 cm³/mol. The van der Waals surface area contributed by atoms with Crippen molar-refractivity contribution in [1.29, 1.82) is 0 Å². The monoisotopic (exact) mass is 848 g/mol. The lowest BCUT2D eigenvalue weighted by Crippen LogP contribution is -2.15. The van der Waals surface area contributed by atoms with E-state index in [1.165, 1.54) is 44.5 Å². The van der Waals surface area contributed by atoms with E-state index in [4.69, 9.17) is 6.58 Å². The quantitative estimate of drug-likeness (QED) is 0.113. The van der Waals surface area contributed by atoms with Crippen LogP contribution in [0.25, 0.3) is 50.1 Å². The molecular weight excluding hydrogens is 797 g/mol. The first-order chi connectivity index (χ1) is 32.3. The molecule has 0 radical (unpaired) electrons. The molecule has 0 N–H and O–H groups in total. The van der Waals surface area contributed by atoms with Gasteiger partial charge in [-0.3, -0.25) is 0 Å². The first kappa shape index (κ1) is 41.8. The lowest BCUT2D eigenvalue weighted by molar-refractivity contribution is 0.639. The van der Waals surface area contributed by atoms with Crippen LogP contribution in [0.4, 0.5) is 28.4 Å². The van der Waals surface area contributed by atoms with Gasteiger partial charge in [0.05, 0.1) is 0 Å². The third-order valence-electron chi connectivity index (χ3n) is 13.2. The zero-order chi connectivity index (χ0) is 45.0. The fourth-order valence-corrected chi connectivity index (χ4v) is 9.41. The summed E-state index contributed by atoms with van der Waals surface area (Å²) in [6, 6.07) is 84.8. The van der Waals surface area contributed by atoms with Gasteiger partial charge in [-0.25, -0.2) is 0 Å². The van der Waals surface area contributed by atoms with Gasteiger partial charge in [-0.1, -0.05) is 208 Å². The molecule has 0 saturated carbocycles. The number of benzene rings is 9. The largest absolute Gasteiger partial charge is 0.311 e. The molecule has 0 fully saturated rings. The zero-order valence-electron chi connectivity index (χ0n) is 37.8. The van der Waals surface area contributed by atoms with E-state index in [9.17, 15) is 0 Å². The van der Waals surface area contributed by atoms with Gasteiger partial charge in [0.25, 0.3) is 0 Å². The van der Waals surface area contributed by atoms with Gasteiger partial charge < -0.3 is 9.80 Å². The van der Waals surface area contributed by atoms with Crippen LogP contribution >= 0.6 is 0 Å². The Bertz CT molecular complexity index is 3100. The van der Waals surface area contributed by atoms with Crippen molar-refractivity contribution < 1.29 is 0 Å². The van der Waals surface area contributed by atoms with Gasteiger partial charge in [-0.15, -0.1) is 0 Å². The Labute approximate surface area is 390 Å². The number of allylic oxidation sites excluding steroid dienone is 4. The van der Waals surface area contributed by atoms with E-state index in [1.54, 1.807) is 0 Å². The van der Waals surface area contributed by atoms with Crippen LogP contribution in [0, 0.1) is 0 Å². The lowest BCUT2D eigenvalue weighted by Gasteiger charge is -2.27. The van der Waals surface area contributed by atoms with E-state index in [0.717, 1.165) is 56.4 Å². The second kappa shape index (κ2) is 18.1. The van der Waals surface area contributed by atoms with Crippen molar-refractivity contribution in [1.82, 2.24) is 0 Å². The molecule has 2 nitrogen and oxygen atoms in total. The maximum Gasteiger partial charge on any atom is 0.0467 e. The SMILES string of the molecule is C=C(/C=C\C1=C(C)C(C)(C)c2ccccc21)N(c1ccccc1)c1ccc(-c2ccc(N(c3ccc(-c4ccccc4)cc3)c3ccc(-c4ccccc4)cc3)cc2)c(-c2ccccc2)c1. The van der Waals surface area contributed by atoms with E-state index in [1.807, 2.05) is 0 Å². The van der Waals surface area contributed by atoms with Gasteiger partial charge in [0, 0.05) is 39.5 Å². The Morgan fingerprint density at radius 3 is 1.33 bits per heavy atom. The number of anilines is 5. The maximum absolute atomic E-state index is 4.70.